The molecule has 2 amide bonds. The van der Waals surface area contributed by atoms with E-state index in [0.29, 0.717) is 19.3 Å². The summed E-state index contributed by atoms with van der Waals surface area (Å²) in [6, 6.07) is 7.75. The lowest BCUT2D eigenvalue weighted by Crippen LogP contribution is -2.64. The summed E-state index contributed by atoms with van der Waals surface area (Å²) in [4.78, 5) is 32.8. The number of unbranched alkanes of at least 4 members (excludes halogenated alkanes) is 1. The molecule has 2 unspecified atom stereocenters. The topological polar surface area (TPSA) is 113 Å². The van der Waals surface area contributed by atoms with Crippen molar-refractivity contribution < 1.29 is 9.59 Å². The predicted molar refractivity (Wildman–Crippen MR) is 121 cm³/mol. The first-order valence-corrected chi connectivity index (χ1v) is 11.4. The number of primary amides is 1. The highest BCUT2D eigenvalue weighted by Crippen LogP contribution is 2.30. The van der Waals surface area contributed by atoms with Gasteiger partial charge in [-0.15, -0.1) is 0 Å². The predicted octanol–water partition coefficient (Wildman–Crippen LogP) is 2.41. The first-order valence-electron chi connectivity index (χ1n) is 11.4. The molecule has 1 aliphatic carbocycles. The van der Waals surface area contributed by atoms with Gasteiger partial charge in [-0.05, 0) is 43.2 Å². The molecule has 0 fully saturated rings. The number of nitrogens with two attached hydrogens (primary N) is 1. The summed E-state index contributed by atoms with van der Waals surface area (Å²) in [5.74, 6) is -0.701. The minimum absolute atomic E-state index is 0.153. The van der Waals surface area contributed by atoms with Crippen LogP contribution in [0.15, 0.2) is 36.8 Å². The fourth-order valence-electron chi connectivity index (χ4n) is 4.47. The lowest BCUT2D eigenvalue weighted by atomic mass is 9.76. The van der Waals surface area contributed by atoms with Crippen molar-refractivity contribution >= 4 is 11.8 Å². The van der Waals surface area contributed by atoms with Crippen molar-refractivity contribution in [3.63, 3.8) is 0 Å². The Balaban J connectivity index is 1.84. The van der Waals surface area contributed by atoms with Gasteiger partial charge in [-0.25, -0.2) is 4.98 Å². The van der Waals surface area contributed by atoms with Crippen molar-refractivity contribution in [2.24, 2.45) is 5.73 Å². The van der Waals surface area contributed by atoms with Crippen molar-refractivity contribution in [3.05, 3.63) is 53.6 Å². The van der Waals surface area contributed by atoms with Crippen LogP contribution in [0.2, 0.25) is 0 Å². The number of nitrogens with one attached hydrogen (secondary N) is 3. The number of carbonyl (C=O) groups excluding carboxylic acids is 2. The Morgan fingerprint density at radius 1 is 1.26 bits per heavy atom. The van der Waals surface area contributed by atoms with Crippen LogP contribution in [0.4, 0.5) is 0 Å². The first-order chi connectivity index (χ1) is 15.0. The zero-order valence-corrected chi connectivity index (χ0v) is 18.6. The molecule has 1 heterocycles. The molecule has 0 saturated carbocycles. The molecule has 168 valence electrons. The lowest BCUT2D eigenvalue weighted by molar-refractivity contribution is -0.132. The van der Waals surface area contributed by atoms with Gasteiger partial charge >= 0.3 is 0 Å². The Hall–Kier alpha value is -2.67. The van der Waals surface area contributed by atoms with Crippen molar-refractivity contribution in [1.82, 2.24) is 20.6 Å². The van der Waals surface area contributed by atoms with E-state index in [1.807, 2.05) is 12.1 Å². The molecule has 0 radical (unpaired) electrons. The zero-order valence-electron chi connectivity index (χ0n) is 18.6. The van der Waals surface area contributed by atoms with Gasteiger partial charge in [0.2, 0.25) is 11.8 Å². The molecule has 2 aromatic rings. The van der Waals surface area contributed by atoms with E-state index in [9.17, 15) is 9.59 Å². The maximum atomic E-state index is 13.7. The van der Waals surface area contributed by atoms with Gasteiger partial charge in [0.25, 0.3) is 0 Å². The molecular weight excluding hydrogens is 390 g/mol. The monoisotopic (exact) mass is 425 g/mol. The molecule has 1 aromatic heterocycles. The van der Waals surface area contributed by atoms with Crippen molar-refractivity contribution in [2.45, 2.75) is 82.8 Å². The number of fused-ring (bicyclic) bond motifs is 1. The van der Waals surface area contributed by atoms with E-state index in [4.69, 9.17) is 5.73 Å². The van der Waals surface area contributed by atoms with Crippen LogP contribution in [0.3, 0.4) is 0 Å². The molecule has 0 bridgehead atoms. The summed E-state index contributed by atoms with van der Waals surface area (Å²) in [5.41, 5.74) is 8.11. The Bertz CT molecular complexity index is 867. The highest BCUT2D eigenvalue weighted by atomic mass is 16.2. The minimum Gasteiger partial charge on any atom is -0.368 e. The number of nitrogens with zero attached hydrogens (tertiary/aromatic N) is 1. The second-order valence-electron chi connectivity index (χ2n) is 8.63. The van der Waals surface area contributed by atoms with Gasteiger partial charge in [0.15, 0.2) is 0 Å². The van der Waals surface area contributed by atoms with Gasteiger partial charge in [-0.1, -0.05) is 51.0 Å². The molecule has 31 heavy (non-hydrogen) atoms. The maximum Gasteiger partial charge on any atom is 0.241 e. The number of benzene rings is 1. The van der Waals surface area contributed by atoms with Gasteiger partial charge in [0.05, 0.1) is 6.33 Å². The van der Waals surface area contributed by atoms with E-state index in [-0.39, 0.29) is 11.9 Å². The fourth-order valence-corrected chi connectivity index (χ4v) is 4.47. The Kier molecular flexibility index (Phi) is 7.85. The van der Waals surface area contributed by atoms with Crippen LogP contribution in [-0.2, 0) is 28.9 Å². The number of hydrogen-bond donors (Lipinski definition) is 4. The third kappa shape index (κ3) is 5.73. The standard InChI is InChI=1S/C24H35N5O2/c1-3-5-10-19(4-2)29-24(12-11-17-8-6-7-9-18(17)14-24)23(31)28-21(22(25)30)13-20-15-26-16-27-20/h6-9,15-16,19,21,29H,3-5,10-14H2,1-2H3,(H2,25,30)(H,26,27)(H,28,31)/t19?,21-,24?/m0/s1. The van der Waals surface area contributed by atoms with E-state index < -0.39 is 17.5 Å². The van der Waals surface area contributed by atoms with Crippen LogP contribution in [0.25, 0.3) is 0 Å². The quantitative estimate of drug-likeness (QED) is 0.443. The first kappa shape index (κ1) is 23.0. The van der Waals surface area contributed by atoms with Crippen molar-refractivity contribution in [2.75, 3.05) is 0 Å². The Labute approximate surface area is 184 Å². The summed E-state index contributed by atoms with van der Waals surface area (Å²) in [6.07, 6.45) is 9.81. The third-order valence-corrected chi connectivity index (χ3v) is 6.37. The Morgan fingerprint density at radius 3 is 2.68 bits per heavy atom. The molecule has 0 aliphatic heterocycles. The number of carbonyl (C=O) groups is 2. The van der Waals surface area contributed by atoms with E-state index >= 15 is 0 Å². The van der Waals surface area contributed by atoms with Gasteiger partial charge in [-0.3, -0.25) is 9.59 Å². The number of imidazole rings is 1. The van der Waals surface area contributed by atoms with Gasteiger partial charge in [0.1, 0.15) is 11.6 Å². The average Bonchev–Trinajstić information content (AvgIpc) is 3.29. The second kappa shape index (κ2) is 10.6. The van der Waals surface area contributed by atoms with Crippen LogP contribution < -0.4 is 16.4 Å². The Morgan fingerprint density at radius 2 is 2.03 bits per heavy atom. The molecule has 3 rings (SSSR count). The summed E-state index contributed by atoms with van der Waals surface area (Å²) in [7, 11) is 0. The lowest BCUT2D eigenvalue weighted by Gasteiger charge is -2.41. The smallest absolute Gasteiger partial charge is 0.241 e. The number of amides is 2. The van der Waals surface area contributed by atoms with E-state index in [2.05, 4.69) is 46.6 Å². The number of aromatic amines is 1. The van der Waals surface area contributed by atoms with Gasteiger partial charge in [-0.2, -0.15) is 0 Å². The summed E-state index contributed by atoms with van der Waals surface area (Å²) in [5, 5.41) is 6.67. The SMILES string of the molecule is CCCCC(CC)NC1(C(=O)N[C@@H](Cc2cnc[nH]2)C(N)=O)CCc2ccccc2C1. The summed E-state index contributed by atoms with van der Waals surface area (Å²) in [6.45, 7) is 4.33. The zero-order chi connectivity index (χ0) is 22.3. The highest BCUT2D eigenvalue weighted by molar-refractivity contribution is 5.92. The molecule has 0 saturated heterocycles. The average molecular weight is 426 g/mol. The molecule has 7 nitrogen and oxygen atoms in total. The normalized spacial score (nSPS) is 19.9. The van der Waals surface area contributed by atoms with E-state index in [0.717, 1.165) is 37.8 Å². The minimum atomic E-state index is -0.792. The number of rotatable bonds is 11. The van der Waals surface area contributed by atoms with Crippen molar-refractivity contribution in [1.29, 1.82) is 0 Å². The van der Waals surface area contributed by atoms with Crippen LogP contribution in [0.5, 0.6) is 0 Å². The van der Waals surface area contributed by atoms with Crippen LogP contribution in [-0.4, -0.2) is 39.4 Å². The number of H-pyrrole nitrogens is 1. The molecule has 1 aromatic carbocycles. The second-order valence-corrected chi connectivity index (χ2v) is 8.63. The summed E-state index contributed by atoms with van der Waals surface area (Å²) < 4.78 is 0. The van der Waals surface area contributed by atoms with Crippen LogP contribution >= 0.6 is 0 Å². The number of aromatic nitrogens is 2. The van der Waals surface area contributed by atoms with E-state index in [1.54, 1.807) is 12.5 Å². The van der Waals surface area contributed by atoms with Crippen LogP contribution in [0.1, 0.15) is 62.8 Å². The molecule has 5 N–H and O–H groups in total. The maximum absolute atomic E-state index is 13.7. The summed E-state index contributed by atoms with van der Waals surface area (Å²) >= 11 is 0. The third-order valence-electron chi connectivity index (χ3n) is 6.37. The van der Waals surface area contributed by atoms with Crippen LogP contribution in [0, 0.1) is 0 Å². The number of hydrogen-bond acceptors (Lipinski definition) is 4. The molecular formula is C24H35N5O2. The highest BCUT2D eigenvalue weighted by Gasteiger charge is 2.43. The van der Waals surface area contributed by atoms with Gasteiger partial charge in [0, 0.05) is 24.4 Å². The molecule has 0 spiro atoms. The largest absolute Gasteiger partial charge is 0.368 e. The van der Waals surface area contributed by atoms with Crippen molar-refractivity contribution in [3.8, 4) is 0 Å². The molecule has 3 atom stereocenters. The van der Waals surface area contributed by atoms with Gasteiger partial charge < -0.3 is 21.4 Å². The molecule has 7 heteroatoms. The molecule has 1 aliphatic rings. The fraction of sp³-hybridized carbons (Fsp3) is 0.542. The number of aryl methyl sites for hydroxylation is 1. The van der Waals surface area contributed by atoms with E-state index in [1.165, 1.54) is 11.1 Å².